The van der Waals surface area contributed by atoms with Crippen molar-refractivity contribution in [2.45, 2.75) is 31.2 Å². The van der Waals surface area contributed by atoms with Gasteiger partial charge in [0.1, 0.15) is 10.6 Å². The lowest BCUT2D eigenvalue weighted by Gasteiger charge is -2.26. The van der Waals surface area contributed by atoms with Crippen LogP contribution in [0.5, 0.6) is 5.75 Å². The van der Waals surface area contributed by atoms with Crippen LogP contribution >= 0.6 is 23.2 Å². The molecule has 0 saturated carbocycles. The van der Waals surface area contributed by atoms with E-state index in [0.29, 0.717) is 12.2 Å². The summed E-state index contributed by atoms with van der Waals surface area (Å²) in [5, 5.41) is 9.13. The average molecular weight is 356 g/mol. The number of nitrogens with zero attached hydrogens (tertiary/aromatic N) is 1. The summed E-state index contributed by atoms with van der Waals surface area (Å²) in [5.41, 5.74) is 0. The first-order chi connectivity index (χ1) is 9.75. The van der Waals surface area contributed by atoms with Crippen LogP contribution in [0.15, 0.2) is 17.0 Å². The van der Waals surface area contributed by atoms with Crippen LogP contribution in [0, 0.1) is 0 Å². The van der Waals surface area contributed by atoms with Crippen molar-refractivity contribution >= 4 is 33.2 Å². The van der Waals surface area contributed by atoms with Crippen LogP contribution in [-0.4, -0.2) is 44.1 Å². The standard InChI is InChI=1S/C13H19Cl2NO4S/c1-9(2)16(5-4-6-17)21(18,19)13-8-10(14)12(20-3)7-11(13)15/h7-9,17H,4-6H2,1-3H3. The minimum atomic E-state index is -3.80. The monoisotopic (exact) mass is 355 g/mol. The fraction of sp³-hybridized carbons (Fsp3) is 0.538. The Labute approximate surface area is 135 Å². The first kappa shape index (κ1) is 18.5. The van der Waals surface area contributed by atoms with Gasteiger partial charge in [0.2, 0.25) is 10.0 Å². The molecular weight excluding hydrogens is 337 g/mol. The van der Waals surface area contributed by atoms with Crippen LogP contribution in [0.2, 0.25) is 10.0 Å². The van der Waals surface area contributed by atoms with E-state index < -0.39 is 10.0 Å². The van der Waals surface area contributed by atoms with Crippen LogP contribution in [-0.2, 0) is 10.0 Å². The number of aliphatic hydroxyl groups is 1. The van der Waals surface area contributed by atoms with Crippen molar-refractivity contribution in [1.29, 1.82) is 0 Å². The Morgan fingerprint density at radius 2 is 1.90 bits per heavy atom. The number of methoxy groups -OCH3 is 1. The van der Waals surface area contributed by atoms with Gasteiger partial charge in [-0.3, -0.25) is 0 Å². The van der Waals surface area contributed by atoms with Crippen LogP contribution in [0.3, 0.4) is 0 Å². The van der Waals surface area contributed by atoms with Gasteiger partial charge in [-0.05, 0) is 26.3 Å². The fourth-order valence-electron chi connectivity index (χ4n) is 1.87. The Bertz CT molecular complexity index is 590. The largest absolute Gasteiger partial charge is 0.495 e. The van der Waals surface area contributed by atoms with Gasteiger partial charge in [-0.25, -0.2) is 8.42 Å². The molecule has 0 aliphatic heterocycles. The lowest BCUT2D eigenvalue weighted by atomic mass is 10.3. The average Bonchev–Trinajstić information content (AvgIpc) is 2.40. The van der Waals surface area contributed by atoms with E-state index in [1.165, 1.54) is 23.5 Å². The third kappa shape index (κ3) is 4.23. The summed E-state index contributed by atoms with van der Waals surface area (Å²) >= 11 is 12.0. The molecule has 0 aliphatic carbocycles. The minimum absolute atomic E-state index is 0.0471. The molecule has 1 rings (SSSR count). The molecule has 0 amide bonds. The maximum absolute atomic E-state index is 12.7. The van der Waals surface area contributed by atoms with E-state index in [9.17, 15) is 8.42 Å². The van der Waals surface area contributed by atoms with Crippen molar-refractivity contribution in [3.8, 4) is 5.75 Å². The topological polar surface area (TPSA) is 66.8 Å². The van der Waals surface area contributed by atoms with Gasteiger partial charge >= 0.3 is 0 Å². The van der Waals surface area contributed by atoms with Crippen molar-refractivity contribution in [3.63, 3.8) is 0 Å². The van der Waals surface area contributed by atoms with Gasteiger partial charge in [0.05, 0.1) is 17.2 Å². The van der Waals surface area contributed by atoms with Crippen LogP contribution < -0.4 is 4.74 Å². The molecule has 0 aliphatic rings. The van der Waals surface area contributed by atoms with Crippen LogP contribution in [0.4, 0.5) is 0 Å². The maximum Gasteiger partial charge on any atom is 0.244 e. The summed E-state index contributed by atoms with van der Waals surface area (Å²) in [6, 6.07) is 2.40. The number of rotatable bonds is 7. The van der Waals surface area contributed by atoms with E-state index in [0.717, 1.165) is 0 Å². The van der Waals surface area contributed by atoms with E-state index in [1.807, 2.05) is 0 Å². The molecule has 0 fully saturated rings. The molecule has 0 spiro atoms. The molecule has 0 unspecified atom stereocenters. The second-order valence-electron chi connectivity index (χ2n) is 4.70. The molecular formula is C13H19Cl2NO4S. The zero-order valence-corrected chi connectivity index (χ0v) is 14.5. The Hall–Kier alpha value is -0.530. The predicted molar refractivity (Wildman–Crippen MR) is 83.7 cm³/mol. The highest BCUT2D eigenvalue weighted by atomic mass is 35.5. The molecule has 1 N–H and O–H groups in total. The molecule has 21 heavy (non-hydrogen) atoms. The third-order valence-electron chi connectivity index (χ3n) is 2.91. The van der Waals surface area contributed by atoms with Gasteiger partial charge < -0.3 is 9.84 Å². The van der Waals surface area contributed by atoms with E-state index in [4.69, 9.17) is 33.0 Å². The summed E-state index contributed by atoms with van der Waals surface area (Å²) in [6.07, 6.45) is 0.346. The van der Waals surface area contributed by atoms with Gasteiger partial charge in [0.25, 0.3) is 0 Å². The van der Waals surface area contributed by atoms with Gasteiger partial charge in [0.15, 0.2) is 0 Å². The van der Waals surface area contributed by atoms with Crippen LogP contribution in [0.1, 0.15) is 20.3 Å². The highest BCUT2D eigenvalue weighted by Gasteiger charge is 2.29. The zero-order chi connectivity index (χ0) is 16.2. The Kier molecular flexibility index (Phi) is 6.74. The summed E-state index contributed by atoms with van der Waals surface area (Å²) in [4.78, 5) is -0.0680. The molecule has 1 aromatic carbocycles. The lowest BCUT2D eigenvalue weighted by molar-refractivity contribution is 0.258. The van der Waals surface area contributed by atoms with E-state index in [2.05, 4.69) is 0 Å². The maximum atomic E-state index is 12.7. The summed E-state index contributed by atoms with van der Waals surface area (Å²) in [7, 11) is -2.38. The van der Waals surface area contributed by atoms with Crippen molar-refractivity contribution in [3.05, 3.63) is 22.2 Å². The molecule has 0 atom stereocenters. The summed E-state index contributed by atoms with van der Waals surface area (Å²) in [6.45, 7) is 3.63. The number of hydrogen-bond donors (Lipinski definition) is 1. The smallest absolute Gasteiger partial charge is 0.244 e. The molecule has 0 saturated heterocycles. The van der Waals surface area contributed by atoms with E-state index in [-0.39, 0.29) is 34.1 Å². The van der Waals surface area contributed by atoms with E-state index in [1.54, 1.807) is 13.8 Å². The van der Waals surface area contributed by atoms with Crippen molar-refractivity contribution < 1.29 is 18.3 Å². The van der Waals surface area contributed by atoms with Gasteiger partial charge in [-0.1, -0.05) is 23.2 Å². The number of ether oxygens (including phenoxy) is 1. The van der Waals surface area contributed by atoms with Gasteiger partial charge in [-0.2, -0.15) is 4.31 Å². The highest BCUT2D eigenvalue weighted by molar-refractivity contribution is 7.89. The number of sulfonamides is 1. The second kappa shape index (κ2) is 7.65. The molecule has 1 aromatic rings. The first-order valence-electron chi connectivity index (χ1n) is 6.41. The Balaban J connectivity index is 3.31. The molecule has 8 heteroatoms. The number of halogens is 2. The highest BCUT2D eigenvalue weighted by Crippen LogP contribution is 2.35. The molecule has 5 nitrogen and oxygen atoms in total. The molecule has 120 valence electrons. The fourth-order valence-corrected chi connectivity index (χ4v) is 4.37. The normalized spacial score (nSPS) is 12.2. The molecule has 0 heterocycles. The number of benzene rings is 1. The second-order valence-corrected chi connectivity index (χ2v) is 7.38. The molecule has 0 aromatic heterocycles. The van der Waals surface area contributed by atoms with Crippen molar-refractivity contribution in [1.82, 2.24) is 4.31 Å². The Morgan fingerprint density at radius 3 is 2.38 bits per heavy atom. The molecule has 0 bridgehead atoms. The van der Waals surface area contributed by atoms with Crippen molar-refractivity contribution in [2.24, 2.45) is 0 Å². The lowest BCUT2D eigenvalue weighted by Crippen LogP contribution is -2.38. The Morgan fingerprint density at radius 1 is 1.29 bits per heavy atom. The minimum Gasteiger partial charge on any atom is -0.495 e. The summed E-state index contributed by atoms with van der Waals surface area (Å²) < 4.78 is 31.7. The first-order valence-corrected chi connectivity index (χ1v) is 8.61. The van der Waals surface area contributed by atoms with Crippen LogP contribution in [0.25, 0.3) is 0 Å². The molecule has 0 radical (unpaired) electrons. The number of aliphatic hydroxyl groups excluding tert-OH is 1. The van der Waals surface area contributed by atoms with Gasteiger partial charge in [0, 0.05) is 25.3 Å². The SMILES string of the molecule is COc1cc(Cl)c(S(=O)(=O)N(CCCO)C(C)C)cc1Cl. The number of hydrogen-bond acceptors (Lipinski definition) is 4. The third-order valence-corrected chi connectivity index (χ3v) is 5.74. The van der Waals surface area contributed by atoms with E-state index >= 15 is 0 Å². The van der Waals surface area contributed by atoms with Gasteiger partial charge in [-0.15, -0.1) is 0 Å². The quantitative estimate of drug-likeness (QED) is 0.816. The zero-order valence-electron chi connectivity index (χ0n) is 12.1. The van der Waals surface area contributed by atoms with Crippen molar-refractivity contribution in [2.75, 3.05) is 20.3 Å². The summed E-state index contributed by atoms with van der Waals surface area (Å²) in [5.74, 6) is 0.312. The predicted octanol–water partition coefficient (Wildman–Crippen LogP) is 2.78.